The molecule has 2 amide bonds. The van der Waals surface area contributed by atoms with Gasteiger partial charge in [-0.3, -0.25) is 4.90 Å². The minimum atomic E-state index is -0.133. The zero-order chi connectivity index (χ0) is 13.7. The van der Waals surface area contributed by atoms with Gasteiger partial charge in [0.05, 0.1) is 0 Å². The number of rotatable bonds is 3. The molecule has 0 saturated carbocycles. The van der Waals surface area contributed by atoms with E-state index in [2.05, 4.69) is 21.2 Å². The van der Waals surface area contributed by atoms with Crippen LogP contribution in [0.5, 0.6) is 0 Å². The number of hydrogen-bond donors (Lipinski definition) is 1. The van der Waals surface area contributed by atoms with E-state index in [1.807, 2.05) is 61.5 Å². The van der Waals surface area contributed by atoms with E-state index < -0.39 is 0 Å². The molecule has 3 nitrogen and oxygen atoms in total. The molecular weight excluding hydrogens is 304 g/mol. The van der Waals surface area contributed by atoms with Crippen LogP contribution in [0.2, 0.25) is 0 Å². The fourth-order valence-electron chi connectivity index (χ4n) is 1.81. The maximum absolute atomic E-state index is 12.3. The van der Waals surface area contributed by atoms with Gasteiger partial charge < -0.3 is 5.32 Å². The Morgan fingerprint density at radius 3 is 2.53 bits per heavy atom. The SMILES string of the molecule is CCN(C(=O)Nc1cccc(Br)c1)c1ccccc1. The number of para-hydroxylation sites is 1. The molecule has 19 heavy (non-hydrogen) atoms. The number of urea groups is 1. The molecule has 0 aromatic heterocycles. The first-order chi connectivity index (χ1) is 9.20. The minimum absolute atomic E-state index is 0.133. The van der Waals surface area contributed by atoms with Crippen molar-refractivity contribution in [2.45, 2.75) is 6.92 Å². The number of carbonyl (C=O) groups excluding carboxylic acids is 1. The first-order valence-corrected chi connectivity index (χ1v) is 6.89. The fourth-order valence-corrected chi connectivity index (χ4v) is 2.21. The standard InChI is InChI=1S/C15H15BrN2O/c1-2-18(14-9-4-3-5-10-14)15(19)17-13-8-6-7-12(16)11-13/h3-11H,2H2,1H3,(H,17,19). The van der Waals surface area contributed by atoms with Crippen LogP contribution in [0.1, 0.15) is 6.92 Å². The average Bonchev–Trinajstić information content (AvgIpc) is 2.41. The molecule has 2 aromatic rings. The van der Waals surface area contributed by atoms with E-state index in [9.17, 15) is 4.79 Å². The van der Waals surface area contributed by atoms with Gasteiger partial charge in [0.25, 0.3) is 0 Å². The zero-order valence-electron chi connectivity index (χ0n) is 10.6. The van der Waals surface area contributed by atoms with E-state index in [4.69, 9.17) is 0 Å². The zero-order valence-corrected chi connectivity index (χ0v) is 12.2. The van der Waals surface area contributed by atoms with Gasteiger partial charge in [-0.2, -0.15) is 0 Å². The van der Waals surface area contributed by atoms with Crippen LogP contribution in [0, 0.1) is 0 Å². The Bertz CT molecular complexity index is 557. The number of hydrogen-bond acceptors (Lipinski definition) is 1. The van der Waals surface area contributed by atoms with E-state index in [1.165, 1.54) is 0 Å². The van der Waals surface area contributed by atoms with Crippen molar-refractivity contribution in [2.24, 2.45) is 0 Å². The van der Waals surface area contributed by atoms with Crippen LogP contribution in [0.25, 0.3) is 0 Å². The molecule has 0 unspecified atom stereocenters. The highest BCUT2D eigenvalue weighted by molar-refractivity contribution is 9.10. The highest BCUT2D eigenvalue weighted by Crippen LogP contribution is 2.18. The summed E-state index contributed by atoms with van der Waals surface area (Å²) < 4.78 is 0.938. The van der Waals surface area contributed by atoms with Gasteiger partial charge >= 0.3 is 6.03 Å². The van der Waals surface area contributed by atoms with E-state index in [0.717, 1.165) is 15.8 Å². The lowest BCUT2D eigenvalue weighted by Gasteiger charge is -2.21. The number of anilines is 2. The molecule has 2 aromatic carbocycles. The molecule has 0 aliphatic carbocycles. The number of nitrogens with one attached hydrogen (secondary N) is 1. The van der Waals surface area contributed by atoms with Crippen molar-refractivity contribution in [1.82, 2.24) is 0 Å². The normalized spacial score (nSPS) is 10.0. The lowest BCUT2D eigenvalue weighted by molar-refractivity contribution is 0.257. The lowest BCUT2D eigenvalue weighted by Crippen LogP contribution is -2.34. The van der Waals surface area contributed by atoms with Gasteiger partial charge in [-0.15, -0.1) is 0 Å². The maximum Gasteiger partial charge on any atom is 0.326 e. The number of amides is 2. The summed E-state index contributed by atoms with van der Waals surface area (Å²) in [5.74, 6) is 0. The van der Waals surface area contributed by atoms with Crippen molar-refractivity contribution in [2.75, 3.05) is 16.8 Å². The van der Waals surface area contributed by atoms with Gasteiger partial charge in [0, 0.05) is 22.4 Å². The van der Waals surface area contributed by atoms with Crippen LogP contribution in [0.4, 0.5) is 16.2 Å². The first kappa shape index (κ1) is 13.6. The Morgan fingerprint density at radius 1 is 1.16 bits per heavy atom. The molecule has 0 radical (unpaired) electrons. The molecule has 2 rings (SSSR count). The van der Waals surface area contributed by atoms with E-state index in [-0.39, 0.29) is 6.03 Å². The topological polar surface area (TPSA) is 32.3 Å². The summed E-state index contributed by atoms with van der Waals surface area (Å²) in [5.41, 5.74) is 1.66. The second-order valence-electron chi connectivity index (χ2n) is 4.02. The molecular formula is C15H15BrN2O. The molecule has 0 bridgehead atoms. The van der Waals surface area contributed by atoms with Crippen molar-refractivity contribution in [3.63, 3.8) is 0 Å². The average molecular weight is 319 g/mol. The number of nitrogens with zero attached hydrogens (tertiary/aromatic N) is 1. The van der Waals surface area contributed by atoms with Gasteiger partial charge in [-0.1, -0.05) is 40.2 Å². The van der Waals surface area contributed by atoms with Gasteiger partial charge in [0.1, 0.15) is 0 Å². The van der Waals surface area contributed by atoms with Gasteiger partial charge in [-0.25, -0.2) is 4.79 Å². The summed E-state index contributed by atoms with van der Waals surface area (Å²) >= 11 is 3.39. The van der Waals surface area contributed by atoms with E-state index in [0.29, 0.717) is 6.54 Å². The molecule has 4 heteroatoms. The van der Waals surface area contributed by atoms with Gasteiger partial charge in [0.15, 0.2) is 0 Å². The van der Waals surface area contributed by atoms with Crippen molar-refractivity contribution < 1.29 is 4.79 Å². The van der Waals surface area contributed by atoms with Crippen molar-refractivity contribution in [1.29, 1.82) is 0 Å². The predicted molar refractivity (Wildman–Crippen MR) is 82.6 cm³/mol. The third kappa shape index (κ3) is 3.58. The molecule has 0 atom stereocenters. The number of carbonyl (C=O) groups is 1. The van der Waals surface area contributed by atoms with Gasteiger partial charge in [-0.05, 0) is 37.3 Å². The molecule has 0 saturated heterocycles. The maximum atomic E-state index is 12.3. The first-order valence-electron chi connectivity index (χ1n) is 6.10. The quantitative estimate of drug-likeness (QED) is 0.887. The molecule has 0 aliphatic heterocycles. The summed E-state index contributed by atoms with van der Waals surface area (Å²) in [6.45, 7) is 2.57. The number of benzene rings is 2. The molecule has 98 valence electrons. The molecule has 0 spiro atoms. The summed E-state index contributed by atoms with van der Waals surface area (Å²) in [6.07, 6.45) is 0. The second kappa shape index (κ2) is 6.38. The van der Waals surface area contributed by atoms with Crippen LogP contribution in [0.3, 0.4) is 0 Å². The summed E-state index contributed by atoms with van der Waals surface area (Å²) in [5, 5.41) is 2.89. The lowest BCUT2D eigenvalue weighted by atomic mass is 10.3. The molecule has 0 aliphatic rings. The van der Waals surface area contributed by atoms with Crippen molar-refractivity contribution in [3.8, 4) is 0 Å². The molecule has 0 fully saturated rings. The highest BCUT2D eigenvalue weighted by atomic mass is 79.9. The second-order valence-corrected chi connectivity index (χ2v) is 4.94. The fraction of sp³-hybridized carbons (Fsp3) is 0.133. The third-order valence-corrected chi connectivity index (χ3v) is 3.20. The third-order valence-electron chi connectivity index (χ3n) is 2.71. The Morgan fingerprint density at radius 2 is 1.89 bits per heavy atom. The van der Waals surface area contributed by atoms with Gasteiger partial charge in [0.2, 0.25) is 0 Å². The van der Waals surface area contributed by atoms with E-state index >= 15 is 0 Å². The smallest absolute Gasteiger partial charge is 0.308 e. The molecule has 1 N–H and O–H groups in total. The Balaban J connectivity index is 2.14. The van der Waals surface area contributed by atoms with Crippen LogP contribution >= 0.6 is 15.9 Å². The largest absolute Gasteiger partial charge is 0.326 e. The van der Waals surface area contributed by atoms with Crippen molar-refractivity contribution in [3.05, 3.63) is 59.1 Å². The van der Waals surface area contributed by atoms with Crippen LogP contribution in [0.15, 0.2) is 59.1 Å². The summed E-state index contributed by atoms with van der Waals surface area (Å²) in [6, 6.07) is 17.0. The number of halogens is 1. The minimum Gasteiger partial charge on any atom is -0.308 e. The molecule has 0 heterocycles. The highest BCUT2D eigenvalue weighted by Gasteiger charge is 2.13. The van der Waals surface area contributed by atoms with Crippen molar-refractivity contribution >= 4 is 33.3 Å². The van der Waals surface area contributed by atoms with Crippen LogP contribution in [-0.4, -0.2) is 12.6 Å². The van der Waals surface area contributed by atoms with Crippen LogP contribution in [-0.2, 0) is 0 Å². The summed E-state index contributed by atoms with van der Waals surface area (Å²) in [7, 11) is 0. The van der Waals surface area contributed by atoms with Crippen LogP contribution < -0.4 is 10.2 Å². The Labute approximate surface area is 121 Å². The Kier molecular flexibility index (Phi) is 4.58. The predicted octanol–water partition coefficient (Wildman–Crippen LogP) is 4.51. The van der Waals surface area contributed by atoms with E-state index in [1.54, 1.807) is 4.90 Å². The monoisotopic (exact) mass is 318 g/mol. The summed E-state index contributed by atoms with van der Waals surface area (Å²) in [4.78, 5) is 14.0. The Hall–Kier alpha value is -1.81.